The summed E-state index contributed by atoms with van der Waals surface area (Å²) in [5.74, 6) is 0.961. The van der Waals surface area contributed by atoms with Gasteiger partial charge in [0.1, 0.15) is 11.5 Å². The minimum Gasteiger partial charge on any atom is -0.507 e. The van der Waals surface area contributed by atoms with Gasteiger partial charge in [-0.25, -0.2) is 0 Å². The molecule has 1 unspecified atom stereocenters. The highest BCUT2D eigenvalue weighted by Gasteiger charge is 2.26. The molecule has 0 saturated carbocycles. The van der Waals surface area contributed by atoms with Gasteiger partial charge in [-0.1, -0.05) is 15.9 Å². The molecule has 1 aliphatic rings. The summed E-state index contributed by atoms with van der Waals surface area (Å²) in [5.41, 5.74) is 7.14. The average Bonchev–Trinajstić information content (AvgIpc) is 3.38. The Morgan fingerprint density at radius 1 is 1.21 bits per heavy atom. The van der Waals surface area contributed by atoms with Crippen LogP contribution in [0.4, 0.5) is 0 Å². The van der Waals surface area contributed by atoms with Gasteiger partial charge >= 0.3 is 0 Å². The number of aromatic nitrogens is 4. The number of nitrogens with one attached hydrogen (secondary N) is 1. The number of ether oxygens (including phenoxy) is 1. The first-order chi connectivity index (χ1) is 13.6. The van der Waals surface area contributed by atoms with E-state index < -0.39 is 0 Å². The quantitative estimate of drug-likeness (QED) is 0.509. The van der Waals surface area contributed by atoms with Gasteiger partial charge in [-0.3, -0.25) is 0 Å². The van der Waals surface area contributed by atoms with Crippen molar-refractivity contribution in [2.45, 2.75) is 12.5 Å². The van der Waals surface area contributed by atoms with Crippen LogP contribution < -0.4 is 10.2 Å². The number of nitrogens with zero attached hydrogens (tertiary/aromatic N) is 5. The lowest BCUT2D eigenvalue weighted by Crippen LogP contribution is -2.12. The van der Waals surface area contributed by atoms with E-state index in [2.05, 4.69) is 48.0 Å². The van der Waals surface area contributed by atoms with Crippen molar-refractivity contribution in [2.75, 3.05) is 7.11 Å². The largest absolute Gasteiger partial charge is 0.507 e. The molecule has 2 aromatic heterocycles. The first kappa shape index (κ1) is 16.9. The van der Waals surface area contributed by atoms with Gasteiger partial charge in [0.2, 0.25) is 0 Å². The van der Waals surface area contributed by atoms with Crippen LogP contribution in [0.1, 0.15) is 23.6 Å². The maximum atomic E-state index is 10.2. The van der Waals surface area contributed by atoms with Gasteiger partial charge in [0.15, 0.2) is 5.65 Å². The van der Waals surface area contributed by atoms with E-state index in [1.165, 1.54) is 0 Å². The van der Waals surface area contributed by atoms with E-state index in [0.29, 0.717) is 17.6 Å². The number of tetrazole rings is 1. The van der Waals surface area contributed by atoms with Crippen LogP contribution in [0.25, 0.3) is 16.6 Å². The van der Waals surface area contributed by atoms with Crippen molar-refractivity contribution in [3.05, 3.63) is 58.1 Å². The van der Waals surface area contributed by atoms with E-state index in [1.807, 2.05) is 24.3 Å². The number of methoxy groups -OCH3 is 1. The number of rotatable bonds is 3. The Morgan fingerprint density at radius 3 is 2.96 bits per heavy atom. The normalized spacial score (nSPS) is 16.4. The van der Waals surface area contributed by atoms with Crippen LogP contribution in [0.3, 0.4) is 0 Å². The average molecular weight is 439 g/mol. The molecule has 28 heavy (non-hydrogen) atoms. The molecule has 2 aromatic carbocycles. The molecule has 0 bridgehead atoms. The molecule has 9 heteroatoms. The number of aromatic hydroxyl groups is 1. The molecular weight excluding hydrogens is 424 g/mol. The fourth-order valence-corrected chi connectivity index (χ4v) is 3.88. The predicted molar refractivity (Wildman–Crippen MR) is 108 cm³/mol. The third-order valence-corrected chi connectivity index (χ3v) is 5.39. The van der Waals surface area contributed by atoms with Crippen molar-refractivity contribution >= 4 is 38.2 Å². The van der Waals surface area contributed by atoms with Crippen molar-refractivity contribution in [1.82, 2.24) is 25.5 Å². The highest BCUT2D eigenvalue weighted by molar-refractivity contribution is 9.10. The van der Waals surface area contributed by atoms with Crippen LogP contribution in [0.15, 0.2) is 52.0 Å². The Bertz CT molecular complexity index is 1250. The molecule has 0 amide bonds. The fourth-order valence-electron chi connectivity index (χ4n) is 3.52. The summed E-state index contributed by atoms with van der Waals surface area (Å²) in [4.78, 5) is 0. The maximum Gasteiger partial charge on any atom is 0.185 e. The lowest BCUT2D eigenvalue weighted by Gasteiger charge is -2.13. The number of fused-ring (bicyclic) bond motifs is 3. The zero-order chi connectivity index (χ0) is 19.3. The number of hydrogen-bond donors (Lipinski definition) is 2. The van der Waals surface area contributed by atoms with Crippen molar-refractivity contribution < 1.29 is 9.84 Å². The van der Waals surface area contributed by atoms with E-state index in [0.717, 1.165) is 32.4 Å². The molecule has 4 aromatic rings. The first-order valence-corrected chi connectivity index (χ1v) is 9.43. The highest BCUT2D eigenvalue weighted by atomic mass is 79.9. The summed E-state index contributed by atoms with van der Waals surface area (Å²) in [5, 5.41) is 27.8. The van der Waals surface area contributed by atoms with Gasteiger partial charge in [0.05, 0.1) is 24.4 Å². The van der Waals surface area contributed by atoms with Crippen molar-refractivity contribution in [3.63, 3.8) is 0 Å². The Labute approximate surface area is 167 Å². The molecule has 0 spiro atoms. The Balaban J connectivity index is 1.58. The van der Waals surface area contributed by atoms with E-state index in [9.17, 15) is 5.11 Å². The zero-order valence-electron chi connectivity index (χ0n) is 14.8. The Hall–Kier alpha value is -3.20. The molecule has 0 radical (unpaired) electrons. The molecular formula is C19H15BrN6O2. The first-order valence-electron chi connectivity index (χ1n) is 8.64. The summed E-state index contributed by atoms with van der Waals surface area (Å²) < 4.78 is 7.95. The minimum atomic E-state index is -0.113. The number of hydrazone groups is 1. The number of benzene rings is 2. The fraction of sp³-hybridized carbons (Fsp3) is 0.158. The topological polar surface area (TPSA) is 96.9 Å². The summed E-state index contributed by atoms with van der Waals surface area (Å²) in [6.45, 7) is 0. The monoisotopic (exact) mass is 438 g/mol. The lowest BCUT2D eigenvalue weighted by molar-refractivity contribution is 0.415. The van der Waals surface area contributed by atoms with E-state index in [4.69, 9.17) is 4.74 Å². The van der Waals surface area contributed by atoms with Crippen molar-refractivity contribution in [2.24, 2.45) is 5.10 Å². The van der Waals surface area contributed by atoms with Crippen LogP contribution in [-0.4, -0.2) is 38.0 Å². The second-order valence-electron chi connectivity index (χ2n) is 6.54. The molecule has 2 N–H and O–H groups in total. The minimum absolute atomic E-state index is 0.113. The second kappa shape index (κ2) is 6.45. The van der Waals surface area contributed by atoms with Gasteiger partial charge in [-0.2, -0.15) is 9.62 Å². The molecule has 0 saturated heterocycles. The van der Waals surface area contributed by atoms with Gasteiger partial charge in [-0.15, -0.1) is 5.10 Å². The third-order valence-electron chi connectivity index (χ3n) is 4.90. The van der Waals surface area contributed by atoms with Crippen LogP contribution in [0, 0.1) is 0 Å². The zero-order valence-corrected chi connectivity index (χ0v) is 16.4. The molecule has 1 atom stereocenters. The number of pyridine rings is 1. The maximum absolute atomic E-state index is 10.2. The standard InChI is InChI=1S/C19H15BrN6O2/c1-28-12-3-4-17-10(6-12)7-14(19-23-24-25-26(17)19)16-9-15(21-22-16)13-8-11(20)2-5-18(13)27/h2-8,16,22,27H,9H2,1H3. The van der Waals surface area contributed by atoms with Crippen LogP contribution in [-0.2, 0) is 0 Å². The van der Waals surface area contributed by atoms with Crippen LogP contribution >= 0.6 is 15.9 Å². The molecule has 5 rings (SSSR count). The molecule has 140 valence electrons. The van der Waals surface area contributed by atoms with Crippen molar-refractivity contribution in [1.29, 1.82) is 0 Å². The van der Waals surface area contributed by atoms with E-state index in [1.54, 1.807) is 23.8 Å². The lowest BCUT2D eigenvalue weighted by atomic mass is 9.98. The SMILES string of the molecule is COc1ccc2c(c1)cc(C1CC(c3cc(Br)ccc3O)=NN1)c1nnnn12. The molecule has 0 fully saturated rings. The van der Waals surface area contributed by atoms with E-state index in [-0.39, 0.29) is 11.8 Å². The molecule has 0 aliphatic carbocycles. The van der Waals surface area contributed by atoms with Crippen LogP contribution in [0.2, 0.25) is 0 Å². The van der Waals surface area contributed by atoms with Gasteiger partial charge in [0.25, 0.3) is 0 Å². The Kier molecular flexibility index (Phi) is 3.90. The van der Waals surface area contributed by atoms with Crippen LogP contribution in [0.5, 0.6) is 11.5 Å². The summed E-state index contributed by atoms with van der Waals surface area (Å²) in [6.07, 6.45) is 0.599. The molecule has 1 aliphatic heterocycles. The van der Waals surface area contributed by atoms with Gasteiger partial charge in [0, 0.05) is 27.4 Å². The number of phenolic OH excluding ortho intramolecular Hbond substituents is 1. The molecule has 8 nitrogen and oxygen atoms in total. The van der Waals surface area contributed by atoms with Gasteiger partial charge < -0.3 is 15.3 Å². The summed E-state index contributed by atoms with van der Waals surface area (Å²) in [6, 6.07) is 13.0. The highest BCUT2D eigenvalue weighted by Crippen LogP contribution is 2.33. The molecule has 3 heterocycles. The smallest absolute Gasteiger partial charge is 0.185 e. The van der Waals surface area contributed by atoms with E-state index >= 15 is 0 Å². The number of halogens is 1. The number of phenols is 1. The third kappa shape index (κ3) is 2.66. The van der Waals surface area contributed by atoms with Gasteiger partial charge in [-0.05, 0) is 52.9 Å². The number of hydrogen-bond acceptors (Lipinski definition) is 7. The van der Waals surface area contributed by atoms with Crippen molar-refractivity contribution in [3.8, 4) is 11.5 Å². The summed E-state index contributed by atoms with van der Waals surface area (Å²) >= 11 is 3.44. The second-order valence-corrected chi connectivity index (χ2v) is 7.46. The summed E-state index contributed by atoms with van der Waals surface area (Å²) in [7, 11) is 1.64. The predicted octanol–water partition coefficient (Wildman–Crippen LogP) is 3.19. The Morgan fingerprint density at radius 2 is 2.11 bits per heavy atom.